The summed E-state index contributed by atoms with van der Waals surface area (Å²) in [6.07, 6.45) is 3.82. The molecule has 10 heavy (non-hydrogen) atoms. The molecule has 2 aromatic heterocycles. The van der Waals surface area contributed by atoms with Gasteiger partial charge in [0.25, 0.3) is 0 Å². The number of aromatic nitrogens is 2. The molecule has 0 aromatic carbocycles. The van der Waals surface area contributed by atoms with Crippen LogP contribution < -0.4 is 0 Å². The molecule has 0 radical (unpaired) electrons. The summed E-state index contributed by atoms with van der Waals surface area (Å²) in [7, 11) is 0. The second-order valence-corrected chi connectivity index (χ2v) is 3.70. The minimum Gasteiger partial charge on any atom is -0.296 e. The maximum atomic E-state index is 5.65. The lowest BCUT2D eigenvalue weighted by atomic mass is 10.6. The molecule has 0 aliphatic carbocycles. The van der Waals surface area contributed by atoms with Gasteiger partial charge in [0.1, 0.15) is 5.15 Å². The lowest BCUT2D eigenvalue weighted by Crippen LogP contribution is -1.67. The van der Waals surface area contributed by atoms with Gasteiger partial charge < -0.3 is 0 Å². The lowest BCUT2D eigenvalue weighted by Gasteiger charge is -1.73. The fraction of sp³-hybridized carbons (Fsp3) is 0.167. The summed E-state index contributed by atoms with van der Waals surface area (Å²) in [6, 6.07) is 0. The molecular weight excluding hydrogens is 168 g/mol. The van der Waals surface area contributed by atoms with Crippen molar-refractivity contribution in [1.82, 2.24) is 9.38 Å². The molecule has 0 aliphatic rings. The average molecular weight is 173 g/mol. The molecule has 0 saturated heterocycles. The average Bonchev–Trinajstić information content (AvgIpc) is 2.21. The number of halogens is 1. The lowest BCUT2D eigenvalue weighted by molar-refractivity contribution is 1.22. The first-order valence-electron chi connectivity index (χ1n) is 2.86. The smallest absolute Gasteiger partial charge is 0.195 e. The van der Waals surface area contributed by atoms with Crippen molar-refractivity contribution in [3.8, 4) is 0 Å². The van der Waals surface area contributed by atoms with E-state index in [4.69, 9.17) is 11.6 Å². The van der Waals surface area contributed by atoms with E-state index >= 15 is 0 Å². The minimum absolute atomic E-state index is 0.561. The predicted octanol–water partition coefficient (Wildman–Crippen LogP) is 2.36. The number of aryl methyl sites for hydroxylation is 1. The molecule has 0 saturated carbocycles. The van der Waals surface area contributed by atoms with Crippen molar-refractivity contribution in [1.29, 1.82) is 0 Å². The van der Waals surface area contributed by atoms with E-state index in [-0.39, 0.29) is 0 Å². The summed E-state index contributed by atoms with van der Waals surface area (Å²) in [5.41, 5.74) is 0. The van der Waals surface area contributed by atoms with Crippen molar-refractivity contribution in [2.75, 3.05) is 0 Å². The largest absolute Gasteiger partial charge is 0.296 e. The topological polar surface area (TPSA) is 17.3 Å². The Kier molecular flexibility index (Phi) is 1.22. The van der Waals surface area contributed by atoms with E-state index in [1.165, 1.54) is 4.88 Å². The summed E-state index contributed by atoms with van der Waals surface area (Å²) >= 11 is 7.29. The van der Waals surface area contributed by atoms with Crippen molar-refractivity contribution in [3.05, 3.63) is 22.4 Å². The van der Waals surface area contributed by atoms with Gasteiger partial charge in [-0.3, -0.25) is 4.40 Å². The predicted molar refractivity (Wildman–Crippen MR) is 42.8 cm³/mol. The number of hydrogen-bond donors (Lipinski definition) is 0. The van der Waals surface area contributed by atoms with Gasteiger partial charge in [0.15, 0.2) is 4.96 Å². The SMILES string of the molecule is Cc1cn2cc(Cl)nc2s1. The molecule has 0 unspecified atom stereocenters. The Morgan fingerprint density at radius 1 is 1.60 bits per heavy atom. The van der Waals surface area contributed by atoms with Crippen LogP contribution in [0.5, 0.6) is 0 Å². The summed E-state index contributed by atoms with van der Waals surface area (Å²) < 4.78 is 1.93. The van der Waals surface area contributed by atoms with E-state index in [1.807, 2.05) is 17.5 Å². The third-order valence-electron chi connectivity index (χ3n) is 1.24. The van der Waals surface area contributed by atoms with Gasteiger partial charge in [-0.15, -0.1) is 11.3 Å². The van der Waals surface area contributed by atoms with Gasteiger partial charge >= 0.3 is 0 Å². The van der Waals surface area contributed by atoms with Crippen molar-refractivity contribution >= 4 is 27.9 Å². The summed E-state index contributed by atoms with van der Waals surface area (Å²) in [5.74, 6) is 0. The molecule has 2 rings (SSSR count). The molecule has 0 bridgehead atoms. The van der Waals surface area contributed by atoms with Crippen molar-refractivity contribution in [2.24, 2.45) is 0 Å². The summed E-state index contributed by atoms with van der Waals surface area (Å²) in [4.78, 5) is 6.29. The van der Waals surface area contributed by atoms with Crippen molar-refractivity contribution in [3.63, 3.8) is 0 Å². The zero-order chi connectivity index (χ0) is 7.14. The van der Waals surface area contributed by atoms with E-state index in [0.29, 0.717) is 5.15 Å². The van der Waals surface area contributed by atoms with E-state index in [0.717, 1.165) is 4.96 Å². The molecular formula is C6H5ClN2S. The highest BCUT2D eigenvalue weighted by molar-refractivity contribution is 7.17. The highest BCUT2D eigenvalue weighted by Gasteiger charge is 2.00. The van der Waals surface area contributed by atoms with Crippen LogP contribution >= 0.6 is 22.9 Å². The standard InChI is InChI=1S/C6H5ClN2S/c1-4-2-9-3-5(7)8-6(9)10-4/h2-3H,1H3. The third-order valence-corrected chi connectivity index (χ3v) is 2.34. The van der Waals surface area contributed by atoms with Crippen molar-refractivity contribution < 1.29 is 0 Å². The van der Waals surface area contributed by atoms with Crippen LogP contribution in [0.4, 0.5) is 0 Å². The number of hydrogen-bond acceptors (Lipinski definition) is 2. The first-order valence-corrected chi connectivity index (χ1v) is 4.06. The van der Waals surface area contributed by atoms with E-state index in [1.54, 1.807) is 17.5 Å². The van der Waals surface area contributed by atoms with Gasteiger partial charge in [-0.05, 0) is 6.92 Å². The molecule has 0 amide bonds. The second-order valence-electron chi connectivity index (χ2n) is 2.10. The van der Waals surface area contributed by atoms with E-state index in [2.05, 4.69) is 4.98 Å². The van der Waals surface area contributed by atoms with Gasteiger partial charge in [0.05, 0.1) is 0 Å². The van der Waals surface area contributed by atoms with Crippen LogP contribution in [0.25, 0.3) is 4.96 Å². The molecule has 2 aromatic rings. The molecule has 0 atom stereocenters. The Bertz CT molecular complexity index is 300. The maximum Gasteiger partial charge on any atom is 0.195 e. The summed E-state index contributed by atoms with van der Waals surface area (Å²) in [6.45, 7) is 2.05. The molecule has 2 nitrogen and oxygen atoms in total. The number of thiazole rings is 1. The minimum atomic E-state index is 0.561. The fourth-order valence-electron chi connectivity index (χ4n) is 0.882. The normalized spacial score (nSPS) is 11.0. The zero-order valence-electron chi connectivity index (χ0n) is 5.34. The van der Waals surface area contributed by atoms with Gasteiger partial charge in [-0.2, -0.15) is 0 Å². The van der Waals surface area contributed by atoms with Crippen LogP contribution in [0.1, 0.15) is 4.88 Å². The molecule has 0 spiro atoms. The Morgan fingerprint density at radius 2 is 2.40 bits per heavy atom. The first kappa shape index (κ1) is 6.19. The third kappa shape index (κ3) is 0.822. The molecule has 2 heterocycles. The number of nitrogens with zero attached hydrogens (tertiary/aromatic N) is 2. The van der Waals surface area contributed by atoms with Gasteiger partial charge in [0.2, 0.25) is 0 Å². The number of imidazole rings is 1. The first-order chi connectivity index (χ1) is 4.75. The molecule has 0 aliphatic heterocycles. The Balaban J connectivity index is 2.83. The molecule has 0 N–H and O–H groups in total. The van der Waals surface area contributed by atoms with Crippen molar-refractivity contribution in [2.45, 2.75) is 6.92 Å². The second kappa shape index (κ2) is 1.97. The quantitative estimate of drug-likeness (QED) is 0.597. The number of rotatable bonds is 0. The number of fused-ring (bicyclic) bond motifs is 1. The Hall–Kier alpha value is -0.540. The van der Waals surface area contributed by atoms with Gasteiger partial charge in [-0.25, -0.2) is 4.98 Å². The Labute approximate surface area is 67.1 Å². The van der Waals surface area contributed by atoms with E-state index in [9.17, 15) is 0 Å². The highest BCUT2D eigenvalue weighted by atomic mass is 35.5. The fourth-order valence-corrected chi connectivity index (χ4v) is 1.93. The van der Waals surface area contributed by atoms with Crippen LogP contribution in [0.15, 0.2) is 12.4 Å². The monoisotopic (exact) mass is 172 g/mol. The van der Waals surface area contributed by atoms with Crippen LogP contribution in [-0.4, -0.2) is 9.38 Å². The van der Waals surface area contributed by atoms with Gasteiger partial charge in [0, 0.05) is 17.3 Å². The van der Waals surface area contributed by atoms with Crippen LogP contribution in [-0.2, 0) is 0 Å². The van der Waals surface area contributed by atoms with Crippen LogP contribution in [0.2, 0.25) is 5.15 Å². The molecule has 4 heteroatoms. The Morgan fingerprint density at radius 3 is 3.10 bits per heavy atom. The van der Waals surface area contributed by atoms with Crippen LogP contribution in [0, 0.1) is 6.92 Å². The summed E-state index contributed by atoms with van der Waals surface area (Å²) in [5, 5.41) is 0.561. The highest BCUT2D eigenvalue weighted by Crippen LogP contribution is 2.18. The zero-order valence-corrected chi connectivity index (χ0v) is 6.91. The van der Waals surface area contributed by atoms with E-state index < -0.39 is 0 Å². The maximum absolute atomic E-state index is 5.65. The molecule has 52 valence electrons. The molecule has 0 fully saturated rings. The van der Waals surface area contributed by atoms with Crippen LogP contribution in [0.3, 0.4) is 0 Å². The van der Waals surface area contributed by atoms with Gasteiger partial charge in [-0.1, -0.05) is 11.6 Å².